The summed E-state index contributed by atoms with van der Waals surface area (Å²) in [5.74, 6) is 0.0407. The van der Waals surface area contributed by atoms with Gasteiger partial charge in [-0.2, -0.15) is 0 Å². The monoisotopic (exact) mass is 447 g/mol. The summed E-state index contributed by atoms with van der Waals surface area (Å²) in [5.41, 5.74) is 5.07. The fraction of sp³-hybridized carbons (Fsp3) is 0.310. The van der Waals surface area contributed by atoms with E-state index in [0.29, 0.717) is 41.1 Å². The molecule has 0 fully saturated rings. The number of ether oxygens (including phenoxy) is 1. The Bertz CT molecular complexity index is 1240. The van der Waals surface area contributed by atoms with E-state index in [4.69, 9.17) is 4.74 Å². The number of nitrogens with zero attached hydrogens (tertiary/aromatic N) is 1. The minimum Gasteiger partial charge on any atom is -0.494 e. The molecule has 3 aromatic carbocycles. The van der Waals surface area contributed by atoms with Crippen LogP contribution < -0.4 is 4.74 Å². The zero-order valence-electron chi connectivity index (χ0n) is 19.6. The number of fused-ring (bicyclic) bond motifs is 1. The summed E-state index contributed by atoms with van der Waals surface area (Å²) in [5, 5.41) is 0.519. The molecule has 0 aliphatic rings. The Kier molecular flexibility index (Phi) is 7.12. The summed E-state index contributed by atoms with van der Waals surface area (Å²) in [7, 11) is 0. The van der Waals surface area contributed by atoms with E-state index in [2.05, 4.69) is 38.1 Å². The number of halogens is 2. The van der Waals surface area contributed by atoms with Gasteiger partial charge in [0.25, 0.3) is 0 Å². The van der Waals surface area contributed by atoms with Gasteiger partial charge in [-0.15, -0.1) is 0 Å². The lowest BCUT2D eigenvalue weighted by atomic mass is 10.0. The number of rotatable bonds is 9. The molecule has 4 heteroatoms. The minimum absolute atomic E-state index is 0.303. The topological polar surface area (TPSA) is 14.2 Å². The van der Waals surface area contributed by atoms with Crippen LogP contribution in [0.1, 0.15) is 49.8 Å². The Balaban J connectivity index is 1.82. The second-order valence-corrected chi connectivity index (χ2v) is 8.66. The van der Waals surface area contributed by atoms with Crippen LogP contribution in [0.2, 0.25) is 0 Å². The van der Waals surface area contributed by atoms with E-state index in [0.717, 1.165) is 36.8 Å². The number of benzene rings is 3. The maximum atomic E-state index is 15.9. The van der Waals surface area contributed by atoms with Gasteiger partial charge in [0.05, 0.1) is 17.8 Å². The molecule has 0 saturated carbocycles. The van der Waals surface area contributed by atoms with Crippen molar-refractivity contribution >= 4 is 10.9 Å². The summed E-state index contributed by atoms with van der Waals surface area (Å²) in [6, 6.07) is 18.6. The fourth-order valence-electron chi connectivity index (χ4n) is 4.32. The zero-order chi connectivity index (χ0) is 23.4. The minimum atomic E-state index is -0.322. The first kappa shape index (κ1) is 23.0. The van der Waals surface area contributed by atoms with Crippen LogP contribution in [0.5, 0.6) is 5.75 Å². The molecule has 0 unspecified atom stereocenters. The first-order chi connectivity index (χ1) is 16.0. The van der Waals surface area contributed by atoms with E-state index in [-0.39, 0.29) is 11.6 Å². The van der Waals surface area contributed by atoms with Crippen LogP contribution in [0.4, 0.5) is 8.78 Å². The summed E-state index contributed by atoms with van der Waals surface area (Å²) < 4.78 is 37.5. The summed E-state index contributed by atoms with van der Waals surface area (Å²) in [6.45, 7) is 7.23. The highest BCUT2D eigenvalue weighted by Crippen LogP contribution is 2.36. The van der Waals surface area contributed by atoms with Gasteiger partial charge in [0.15, 0.2) is 5.82 Å². The Morgan fingerprint density at radius 3 is 2.30 bits per heavy atom. The third-order valence-corrected chi connectivity index (χ3v) is 6.09. The fourth-order valence-corrected chi connectivity index (χ4v) is 4.32. The lowest BCUT2D eigenvalue weighted by Gasteiger charge is -2.14. The molecular formula is C29H31F2NO. The van der Waals surface area contributed by atoms with Crippen molar-refractivity contribution in [2.45, 2.75) is 53.0 Å². The van der Waals surface area contributed by atoms with Crippen LogP contribution >= 0.6 is 0 Å². The van der Waals surface area contributed by atoms with Crippen LogP contribution in [0.3, 0.4) is 0 Å². The average molecular weight is 448 g/mol. The van der Waals surface area contributed by atoms with E-state index < -0.39 is 0 Å². The molecule has 0 spiro atoms. The third kappa shape index (κ3) is 4.95. The van der Waals surface area contributed by atoms with Crippen LogP contribution in [-0.2, 0) is 13.0 Å². The summed E-state index contributed by atoms with van der Waals surface area (Å²) >= 11 is 0. The van der Waals surface area contributed by atoms with Crippen molar-refractivity contribution in [3.63, 3.8) is 0 Å². The van der Waals surface area contributed by atoms with Gasteiger partial charge >= 0.3 is 0 Å². The lowest BCUT2D eigenvalue weighted by Crippen LogP contribution is -2.04. The molecule has 0 amide bonds. The van der Waals surface area contributed by atoms with E-state index in [1.54, 1.807) is 12.1 Å². The molecule has 4 aromatic rings. The number of aryl methyl sites for hydroxylation is 2. The van der Waals surface area contributed by atoms with Crippen LogP contribution in [0.15, 0.2) is 60.7 Å². The molecule has 0 atom stereocenters. The maximum Gasteiger partial charge on any atom is 0.156 e. The van der Waals surface area contributed by atoms with Crippen molar-refractivity contribution in [2.24, 2.45) is 0 Å². The molecule has 0 radical (unpaired) electrons. The van der Waals surface area contributed by atoms with E-state index in [1.807, 2.05) is 23.6 Å². The molecule has 4 rings (SSSR count). The third-order valence-electron chi connectivity index (χ3n) is 6.09. The molecule has 1 aromatic heterocycles. The molecule has 0 saturated heterocycles. The molecule has 2 nitrogen and oxygen atoms in total. The van der Waals surface area contributed by atoms with Crippen molar-refractivity contribution in [1.82, 2.24) is 4.57 Å². The second-order valence-electron chi connectivity index (χ2n) is 8.66. The highest BCUT2D eigenvalue weighted by molar-refractivity contribution is 5.89. The Morgan fingerprint density at radius 1 is 0.848 bits per heavy atom. The van der Waals surface area contributed by atoms with E-state index in [1.165, 1.54) is 17.7 Å². The molecule has 0 aliphatic heterocycles. The molecule has 0 aliphatic carbocycles. The van der Waals surface area contributed by atoms with E-state index >= 15 is 4.39 Å². The Morgan fingerprint density at radius 2 is 1.61 bits per heavy atom. The largest absolute Gasteiger partial charge is 0.494 e. The van der Waals surface area contributed by atoms with Crippen molar-refractivity contribution in [2.75, 3.05) is 6.61 Å². The van der Waals surface area contributed by atoms with Gasteiger partial charge in [-0.1, -0.05) is 51.0 Å². The first-order valence-corrected chi connectivity index (χ1v) is 11.8. The average Bonchev–Trinajstić information content (AvgIpc) is 3.07. The number of unbranched alkanes of at least 4 members (excludes halogenated alkanes) is 1. The highest BCUT2D eigenvalue weighted by Gasteiger charge is 2.21. The van der Waals surface area contributed by atoms with Gasteiger partial charge in [-0.3, -0.25) is 0 Å². The van der Waals surface area contributed by atoms with Gasteiger partial charge in [-0.25, -0.2) is 8.78 Å². The standard InChI is InChI=1S/C29H31F2NO/c1-4-6-16-33-24-13-15-27-26(18-24)28(31)29(25-14-12-23(30)17-20(25)3)32(27)19-22-10-8-21(7-5-2)9-11-22/h8-15,17-18H,4-7,16,19H2,1-3H3. The Labute approximate surface area is 194 Å². The van der Waals surface area contributed by atoms with Gasteiger partial charge in [0.2, 0.25) is 0 Å². The van der Waals surface area contributed by atoms with Gasteiger partial charge < -0.3 is 9.30 Å². The Hall–Kier alpha value is -3.14. The predicted molar refractivity (Wildman–Crippen MR) is 132 cm³/mol. The molecule has 33 heavy (non-hydrogen) atoms. The number of hydrogen-bond acceptors (Lipinski definition) is 1. The van der Waals surface area contributed by atoms with Crippen molar-refractivity contribution in [1.29, 1.82) is 0 Å². The van der Waals surface area contributed by atoms with Gasteiger partial charge in [0.1, 0.15) is 11.6 Å². The SMILES string of the molecule is CCCCOc1ccc2c(c1)c(F)c(-c1ccc(F)cc1C)n2Cc1ccc(CCC)cc1. The molecule has 172 valence electrons. The highest BCUT2D eigenvalue weighted by atomic mass is 19.1. The summed E-state index contributed by atoms with van der Waals surface area (Å²) in [6.07, 6.45) is 4.14. The van der Waals surface area contributed by atoms with Crippen LogP contribution in [0, 0.1) is 18.6 Å². The molecular weight excluding hydrogens is 416 g/mol. The lowest BCUT2D eigenvalue weighted by molar-refractivity contribution is 0.309. The second kappa shape index (κ2) is 10.2. The molecule has 0 bridgehead atoms. The van der Waals surface area contributed by atoms with Gasteiger partial charge in [0, 0.05) is 17.5 Å². The van der Waals surface area contributed by atoms with Crippen molar-refractivity contribution < 1.29 is 13.5 Å². The molecule has 1 heterocycles. The van der Waals surface area contributed by atoms with Crippen molar-refractivity contribution in [3.05, 3.63) is 89.0 Å². The maximum absolute atomic E-state index is 15.9. The number of hydrogen-bond donors (Lipinski definition) is 0. The van der Waals surface area contributed by atoms with Crippen molar-refractivity contribution in [3.8, 4) is 17.0 Å². The molecule has 0 N–H and O–H groups in total. The normalized spacial score (nSPS) is 11.3. The van der Waals surface area contributed by atoms with Crippen LogP contribution in [0.25, 0.3) is 22.2 Å². The van der Waals surface area contributed by atoms with Gasteiger partial charge in [-0.05, 0) is 72.9 Å². The summed E-state index contributed by atoms with van der Waals surface area (Å²) in [4.78, 5) is 0. The first-order valence-electron chi connectivity index (χ1n) is 11.8. The smallest absolute Gasteiger partial charge is 0.156 e. The van der Waals surface area contributed by atoms with E-state index in [9.17, 15) is 4.39 Å². The van der Waals surface area contributed by atoms with Crippen LogP contribution in [-0.4, -0.2) is 11.2 Å². The quantitative estimate of drug-likeness (QED) is 0.237. The zero-order valence-corrected chi connectivity index (χ0v) is 19.6. The number of aromatic nitrogens is 1. The predicted octanol–water partition coefficient (Wildman–Crippen LogP) is 8.07.